The molecule has 3 aromatic rings. The van der Waals surface area contributed by atoms with E-state index in [-0.39, 0.29) is 23.3 Å². The number of thioether (sulfide) groups is 1. The number of para-hydroxylation sites is 1. The monoisotopic (exact) mass is 407 g/mol. The first-order chi connectivity index (χ1) is 12.5. The summed E-state index contributed by atoms with van der Waals surface area (Å²) in [7, 11) is 0. The smallest absolute Gasteiger partial charge is 0.276 e. The zero-order chi connectivity index (χ0) is 18.7. The van der Waals surface area contributed by atoms with E-state index in [1.807, 2.05) is 31.4 Å². The van der Waals surface area contributed by atoms with Crippen molar-refractivity contribution in [1.82, 2.24) is 14.9 Å². The molecule has 1 aromatic carbocycles. The van der Waals surface area contributed by atoms with Gasteiger partial charge in [-0.15, -0.1) is 11.3 Å². The molecule has 0 aliphatic heterocycles. The van der Waals surface area contributed by atoms with Gasteiger partial charge in [0.15, 0.2) is 5.16 Å². The summed E-state index contributed by atoms with van der Waals surface area (Å²) in [6.07, 6.45) is 0.861. The molecule has 0 saturated carbocycles. The summed E-state index contributed by atoms with van der Waals surface area (Å²) in [5.74, 6) is 0.0892. The first-order valence-electron chi connectivity index (χ1n) is 8.18. The van der Waals surface area contributed by atoms with E-state index in [4.69, 9.17) is 11.6 Å². The number of hydrogen-bond acceptors (Lipinski definition) is 5. The molecule has 2 heterocycles. The van der Waals surface area contributed by atoms with Gasteiger partial charge in [-0.2, -0.15) is 0 Å². The third-order valence-corrected chi connectivity index (χ3v) is 6.04. The molecule has 136 valence electrons. The Labute approximate surface area is 164 Å². The van der Waals surface area contributed by atoms with Crippen molar-refractivity contribution in [2.45, 2.75) is 31.5 Å². The highest BCUT2D eigenvalue weighted by atomic mass is 35.5. The quantitative estimate of drug-likeness (QED) is 0.493. The van der Waals surface area contributed by atoms with E-state index in [2.05, 4.69) is 10.3 Å². The second kappa shape index (κ2) is 8.24. The highest BCUT2D eigenvalue weighted by Gasteiger charge is 2.17. The van der Waals surface area contributed by atoms with E-state index in [0.717, 1.165) is 6.42 Å². The minimum Gasteiger partial charge on any atom is -0.353 e. The summed E-state index contributed by atoms with van der Waals surface area (Å²) in [5.41, 5.74) is 1.02. The Morgan fingerprint density at radius 2 is 2.15 bits per heavy atom. The molecule has 0 aliphatic carbocycles. The van der Waals surface area contributed by atoms with Crippen molar-refractivity contribution >= 4 is 50.8 Å². The lowest BCUT2D eigenvalue weighted by atomic mass is 10.3. The molecule has 1 atom stereocenters. The summed E-state index contributed by atoms with van der Waals surface area (Å²) in [6, 6.07) is 9.04. The molecule has 0 fully saturated rings. The van der Waals surface area contributed by atoms with Crippen molar-refractivity contribution in [3.8, 4) is 5.69 Å². The van der Waals surface area contributed by atoms with Crippen molar-refractivity contribution < 1.29 is 4.79 Å². The zero-order valence-corrected chi connectivity index (χ0v) is 16.7. The second-order valence-corrected chi connectivity index (χ2v) is 8.05. The molecule has 2 aromatic heterocycles. The zero-order valence-electron chi connectivity index (χ0n) is 14.4. The lowest BCUT2D eigenvalue weighted by Gasteiger charge is -2.14. The minimum absolute atomic E-state index is 0.0882. The van der Waals surface area contributed by atoms with Gasteiger partial charge in [-0.25, -0.2) is 4.98 Å². The van der Waals surface area contributed by atoms with Gasteiger partial charge in [-0.1, -0.05) is 42.4 Å². The van der Waals surface area contributed by atoms with Crippen LogP contribution in [0.3, 0.4) is 0 Å². The highest BCUT2D eigenvalue weighted by Crippen LogP contribution is 2.26. The first-order valence-corrected chi connectivity index (χ1v) is 10.4. The molecule has 1 amide bonds. The van der Waals surface area contributed by atoms with E-state index in [9.17, 15) is 9.59 Å². The van der Waals surface area contributed by atoms with Gasteiger partial charge >= 0.3 is 0 Å². The Bertz CT molecular complexity index is 1000. The number of rotatable bonds is 6. The molecule has 0 radical (unpaired) electrons. The third kappa shape index (κ3) is 3.95. The van der Waals surface area contributed by atoms with Gasteiger partial charge in [0.2, 0.25) is 5.91 Å². The van der Waals surface area contributed by atoms with Crippen LogP contribution in [-0.4, -0.2) is 27.3 Å². The topological polar surface area (TPSA) is 64.0 Å². The molecular weight excluding hydrogens is 390 g/mol. The number of fused-ring (bicyclic) bond motifs is 1. The summed E-state index contributed by atoms with van der Waals surface area (Å²) < 4.78 is 2.06. The Kier molecular flexibility index (Phi) is 6.01. The maximum atomic E-state index is 13.0. The van der Waals surface area contributed by atoms with Crippen LogP contribution in [0.2, 0.25) is 5.02 Å². The van der Waals surface area contributed by atoms with Crippen LogP contribution in [0.15, 0.2) is 45.7 Å². The summed E-state index contributed by atoms with van der Waals surface area (Å²) >= 11 is 8.88. The first kappa shape index (κ1) is 18.9. The lowest BCUT2D eigenvalue weighted by Crippen LogP contribution is -2.33. The molecule has 3 rings (SSSR count). The highest BCUT2D eigenvalue weighted by molar-refractivity contribution is 7.99. The van der Waals surface area contributed by atoms with E-state index in [0.29, 0.717) is 26.1 Å². The predicted molar refractivity (Wildman–Crippen MR) is 109 cm³/mol. The fourth-order valence-electron chi connectivity index (χ4n) is 2.38. The van der Waals surface area contributed by atoms with E-state index < -0.39 is 0 Å². The average Bonchev–Trinajstić information content (AvgIpc) is 3.10. The number of aromatic nitrogens is 2. The fourth-order valence-corrected chi connectivity index (χ4v) is 4.18. The number of nitrogens with zero attached hydrogens (tertiary/aromatic N) is 2. The van der Waals surface area contributed by atoms with Gasteiger partial charge in [0.25, 0.3) is 5.56 Å². The minimum atomic E-state index is -0.178. The number of nitrogens with one attached hydrogen (secondary N) is 1. The maximum Gasteiger partial charge on any atom is 0.276 e. The van der Waals surface area contributed by atoms with Crippen LogP contribution in [0.1, 0.15) is 20.3 Å². The van der Waals surface area contributed by atoms with Crippen LogP contribution in [0.5, 0.6) is 0 Å². The number of thiophene rings is 1. The largest absolute Gasteiger partial charge is 0.353 e. The van der Waals surface area contributed by atoms with Crippen molar-refractivity contribution in [2.24, 2.45) is 0 Å². The van der Waals surface area contributed by atoms with Gasteiger partial charge in [-0.3, -0.25) is 14.2 Å². The number of carbonyl (C=O) groups excluding carboxylic acids is 1. The van der Waals surface area contributed by atoms with Gasteiger partial charge in [0.05, 0.1) is 22.0 Å². The van der Waals surface area contributed by atoms with Gasteiger partial charge in [0.1, 0.15) is 4.70 Å². The summed E-state index contributed by atoms with van der Waals surface area (Å²) in [6.45, 7) is 3.97. The van der Waals surface area contributed by atoms with Crippen molar-refractivity contribution in [3.05, 3.63) is 51.1 Å². The van der Waals surface area contributed by atoms with Crippen LogP contribution in [0.25, 0.3) is 15.9 Å². The Morgan fingerprint density at radius 3 is 2.88 bits per heavy atom. The molecule has 1 unspecified atom stereocenters. The van der Waals surface area contributed by atoms with Crippen LogP contribution in [0.4, 0.5) is 0 Å². The third-order valence-electron chi connectivity index (χ3n) is 3.89. The van der Waals surface area contributed by atoms with Gasteiger partial charge < -0.3 is 5.32 Å². The standard InChI is InChI=1S/C18H18ClN3O2S2/c1-3-11(2)20-15(23)10-26-18-21-13-8-9-25-16(13)17(24)22(18)14-7-5-4-6-12(14)19/h4-9,11H,3,10H2,1-2H3,(H,20,23). The van der Waals surface area contributed by atoms with Crippen LogP contribution >= 0.6 is 34.7 Å². The van der Waals surface area contributed by atoms with E-state index in [1.54, 1.807) is 18.2 Å². The summed E-state index contributed by atoms with van der Waals surface area (Å²) in [4.78, 5) is 29.7. The van der Waals surface area contributed by atoms with Crippen LogP contribution in [0, 0.1) is 0 Å². The van der Waals surface area contributed by atoms with Gasteiger partial charge in [-0.05, 0) is 36.9 Å². The molecular formula is C18H18ClN3O2S2. The number of benzene rings is 1. The van der Waals surface area contributed by atoms with Crippen LogP contribution in [-0.2, 0) is 4.79 Å². The Morgan fingerprint density at radius 1 is 1.38 bits per heavy atom. The normalized spacial score (nSPS) is 12.3. The van der Waals surface area contributed by atoms with Crippen molar-refractivity contribution in [1.29, 1.82) is 0 Å². The van der Waals surface area contributed by atoms with Crippen molar-refractivity contribution in [2.75, 3.05) is 5.75 Å². The number of halogens is 1. The number of carbonyl (C=O) groups is 1. The molecule has 26 heavy (non-hydrogen) atoms. The SMILES string of the molecule is CCC(C)NC(=O)CSc1nc2ccsc2c(=O)n1-c1ccccc1Cl. The molecule has 8 heteroatoms. The maximum absolute atomic E-state index is 13.0. The number of hydrogen-bond donors (Lipinski definition) is 1. The van der Waals surface area contributed by atoms with Crippen LogP contribution < -0.4 is 10.9 Å². The second-order valence-electron chi connectivity index (χ2n) is 5.79. The van der Waals surface area contributed by atoms with Gasteiger partial charge in [0, 0.05) is 6.04 Å². The molecule has 1 N–H and O–H groups in total. The Hall–Kier alpha value is -1.83. The Balaban J connectivity index is 2.01. The average molecular weight is 408 g/mol. The fraction of sp³-hybridized carbons (Fsp3) is 0.278. The molecule has 0 spiro atoms. The summed E-state index contributed by atoms with van der Waals surface area (Å²) in [5, 5.41) is 5.66. The lowest BCUT2D eigenvalue weighted by molar-refractivity contribution is -0.119. The number of amides is 1. The molecule has 5 nitrogen and oxygen atoms in total. The van der Waals surface area contributed by atoms with Crippen molar-refractivity contribution in [3.63, 3.8) is 0 Å². The predicted octanol–water partition coefficient (Wildman–Crippen LogP) is 4.11. The molecule has 0 aliphatic rings. The van der Waals surface area contributed by atoms with E-state index >= 15 is 0 Å². The molecule has 0 saturated heterocycles. The van der Waals surface area contributed by atoms with E-state index in [1.165, 1.54) is 27.7 Å². The molecule has 0 bridgehead atoms.